The van der Waals surface area contributed by atoms with Gasteiger partial charge in [-0.25, -0.2) is 4.39 Å². The smallest absolute Gasteiger partial charge is 0.137 e. The van der Waals surface area contributed by atoms with E-state index < -0.39 is 0 Å². The van der Waals surface area contributed by atoms with Gasteiger partial charge in [0, 0.05) is 12.6 Å². The maximum Gasteiger partial charge on any atom is 0.137 e. The van der Waals surface area contributed by atoms with Gasteiger partial charge in [-0.15, -0.1) is 0 Å². The van der Waals surface area contributed by atoms with Crippen LogP contribution in [-0.4, -0.2) is 0 Å². The topological polar surface area (TPSA) is 12.0 Å². The van der Waals surface area contributed by atoms with Crippen LogP contribution in [-0.2, 0) is 6.54 Å². The third kappa shape index (κ3) is 3.37. The standard InChI is InChI=1S/C13H13BrFNS/c1-9(16-7-10-4-5-17-8-10)11-2-3-13(15)12(14)6-11/h2-6,8-9,16H,7H2,1H3. The molecule has 1 aromatic heterocycles. The summed E-state index contributed by atoms with van der Waals surface area (Å²) in [4.78, 5) is 0. The first-order valence-corrected chi connectivity index (χ1v) is 7.10. The maximum atomic E-state index is 13.1. The zero-order valence-electron chi connectivity index (χ0n) is 9.41. The highest BCUT2D eigenvalue weighted by Crippen LogP contribution is 2.21. The summed E-state index contributed by atoms with van der Waals surface area (Å²) in [5.74, 6) is -0.223. The van der Waals surface area contributed by atoms with Crippen LogP contribution in [0, 0.1) is 5.82 Å². The van der Waals surface area contributed by atoms with Crippen LogP contribution in [0.25, 0.3) is 0 Å². The molecule has 1 nitrogen and oxygen atoms in total. The Balaban J connectivity index is 1.99. The van der Waals surface area contributed by atoms with Gasteiger partial charge in [0.15, 0.2) is 0 Å². The molecule has 2 rings (SSSR count). The molecule has 1 unspecified atom stereocenters. The van der Waals surface area contributed by atoms with E-state index in [-0.39, 0.29) is 11.9 Å². The van der Waals surface area contributed by atoms with Crippen molar-refractivity contribution in [2.45, 2.75) is 19.5 Å². The first-order valence-electron chi connectivity index (χ1n) is 5.36. The predicted molar refractivity (Wildman–Crippen MR) is 73.7 cm³/mol. The Labute approximate surface area is 113 Å². The zero-order valence-corrected chi connectivity index (χ0v) is 11.8. The molecular weight excluding hydrogens is 301 g/mol. The third-order valence-electron chi connectivity index (χ3n) is 2.64. The summed E-state index contributed by atoms with van der Waals surface area (Å²) >= 11 is 4.90. The summed E-state index contributed by atoms with van der Waals surface area (Å²) in [6.07, 6.45) is 0. The normalized spacial score (nSPS) is 12.6. The van der Waals surface area contributed by atoms with Crippen molar-refractivity contribution in [2.24, 2.45) is 0 Å². The minimum Gasteiger partial charge on any atom is -0.306 e. The molecule has 1 N–H and O–H groups in total. The van der Waals surface area contributed by atoms with Crippen molar-refractivity contribution in [3.8, 4) is 0 Å². The van der Waals surface area contributed by atoms with E-state index in [1.54, 1.807) is 11.3 Å². The molecule has 0 aliphatic heterocycles. The van der Waals surface area contributed by atoms with Gasteiger partial charge in [0.05, 0.1) is 4.47 Å². The summed E-state index contributed by atoms with van der Waals surface area (Å²) in [6, 6.07) is 7.42. The van der Waals surface area contributed by atoms with Crippen LogP contribution >= 0.6 is 27.3 Å². The minimum atomic E-state index is -0.223. The Bertz CT molecular complexity index is 484. The molecule has 0 spiro atoms. The van der Waals surface area contributed by atoms with Crippen LogP contribution in [0.2, 0.25) is 0 Å². The molecule has 1 aromatic carbocycles. The fourth-order valence-corrected chi connectivity index (χ4v) is 2.63. The van der Waals surface area contributed by atoms with E-state index in [1.807, 2.05) is 12.1 Å². The molecule has 1 atom stereocenters. The van der Waals surface area contributed by atoms with Crippen molar-refractivity contribution in [1.29, 1.82) is 0 Å². The second kappa shape index (κ2) is 5.76. The SMILES string of the molecule is CC(NCc1ccsc1)c1ccc(F)c(Br)c1. The highest BCUT2D eigenvalue weighted by molar-refractivity contribution is 9.10. The number of benzene rings is 1. The number of thiophene rings is 1. The van der Waals surface area contributed by atoms with E-state index in [4.69, 9.17) is 0 Å². The van der Waals surface area contributed by atoms with E-state index in [1.165, 1.54) is 11.6 Å². The van der Waals surface area contributed by atoms with Crippen LogP contribution in [0.4, 0.5) is 4.39 Å². The lowest BCUT2D eigenvalue weighted by atomic mass is 10.1. The Morgan fingerprint density at radius 2 is 2.24 bits per heavy atom. The molecule has 4 heteroatoms. The van der Waals surface area contributed by atoms with Crippen LogP contribution in [0.3, 0.4) is 0 Å². The molecule has 2 aromatic rings. The van der Waals surface area contributed by atoms with Crippen LogP contribution in [0.15, 0.2) is 39.5 Å². The van der Waals surface area contributed by atoms with Gasteiger partial charge in [0.25, 0.3) is 0 Å². The second-order valence-corrected chi connectivity index (χ2v) is 5.54. The van der Waals surface area contributed by atoms with E-state index >= 15 is 0 Å². The summed E-state index contributed by atoms with van der Waals surface area (Å²) in [7, 11) is 0. The largest absolute Gasteiger partial charge is 0.306 e. The van der Waals surface area contributed by atoms with Gasteiger partial charge in [0.1, 0.15) is 5.82 Å². The first-order chi connectivity index (χ1) is 8.16. The Kier molecular flexibility index (Phi) is 4.31. The predicted octanol–water partition coefficient (Wildman–Crippen LogP) is 4.50. The van der Waals surface area contributed by atoms with Gasteiger partial charge in [0.2, 0.25) is 0 Å². The van der Waals surface area contributed by atoms with Gasteiger partial charge in [-0.1, -0.05) is 6.07 Å². The lowest BCUT2D eigenvalue weighted by Gasteiger charge is -2.14. The summed E-state index contributed by atoms with van der Waals surface area (Å²) in [6.45, 7) is 2.91. The van der Waals surface area contributed by atoms with Crippen molar-refractivity contribution in [3.63, 3.8) is 0 Å². The monoisotopic (exact) mass is 313 g/mol. The molecular formula is C13H13BrFNS. The molecule has 1 heterocycles. The van der Waals surface area contributed by atoms with E-state index in [9.17, 15) is 4.39 Å². The maximum absolute atomic E-state index is 13.1. The van der Waals surface area contributed by atoms with Gasteiger partial charge >= 0.3 is 0 Å². The minimum absolute atomic E-state index is 0.201. The van der Waals surface area contributed by atoms with E-state index in [2.05, 4.69) is 45.0 Å². The van der Waals surface area contributed by atoms with Gasteiger partial charge in [-0.2, -0.15) is 11.3 Å². The Hall–Kier alpha value is -0.710. The number of hydrogen-bond donors (Lipinski definition) is 1. The molecule has 17 heavy (non-hydrogen) atoms. The molecule has 0 radical (unpaired) electrons. The molecule has 0 aliphatic carbocycles. The summed E-state index contributed by atoms with van der Waals surface area (Å²) in [5, 5.41) is 7.60. The Morgan fingerprint density at radius 3 is 2.88 bits per heavy atom. The van der Waals surface area contributed by atoms with Crippen molar-refractivity contribution >= 4 is 27.3 Å². The van der Waals surface area contributed by atoms with Gasteiger partial charge in [-0.05, 0) is 62.9 Å². The highest BCUT2D eigenvalue weighted by atomic mass is 79.9. The first kappa shape index (κ1) is 12.7. The van der Waals surface area contributed by atoms with Crippen LogP contribution < -0.4 is 5.32 Å². The number of nitrogens with one attached hydrogen (secondary N) is 1. The van der Waals surface area contributed by atoms with Crippen LogP contribution in [0.5, 0.6) is 0 Å². The van der Waals surface area contributed by atoms with Crippen LogP contribution in [0.1, 0.15) is 24.1 Å². The van der Waals surface area contributed by atoms with Crippen molar-refractivity contribution in [3.05, 3.63) is 56.4 Å². The quantitative estimate of drug-likeness (QED) is 0.876. The Morgan fingerprint density at radius 1 is 1.41 bits per heavy atom. The molecule has 0 aliphatic rings. The highest BCUT2D eigenvalue weighted by Gasteiger charge is 2.07. The van der Waals surface area contributed by atoms with E-state index in [0.29, 0.717) is 4.47 Å². The molecule has 0 saturated heterocycles. The number of halogens is 2. The molecule has 0 fully saturated rings. The van der Waals surface area contributed by atoms with Crippen molar-refractivity contribution < 1.29 is 4.39 Å². The fraction of sp³-hybridized carbons (Fsp3) is 0.231. The summed E-state index contributed by atoms with van der Waals surface area (Å²) in [5.41, 5.74) is 2.36. The number of hydrogen-bond acceptors (Lipinski definition) is 2. The molecule has 0 bridgehead atoms. The fourth-order valence-electron chi connectivity index (χ4n) is 1.56. The van der Waals surface area contributed by atoms with E-state index in [0.717, 1.165) is 12.1 Å². The van der Waals surface area contributed by atoms with Crippen molar-refractivity contribution in [1.82, 2.24) is 5.32 Å². The number of rotatable bonds is 4. The lowest BCUT2D eigenvalue weighted by Crippen LogP contribution is -2.17. The molecule has 0 amide bonds. The lowest BCUT2D eigenvalue weighted by molar-refractivity contribution is 0.570. The van der Waals surface area contributed by atoms with Gasteiger partial charge < -0.3 is 5.32 Å². The van der Waals surface area contributed by atoms with Gasteiger partial charge in [-0.3, -0.25) is 0 Å². The average molecular weight is 314 g/mol. The second-order valence-electron chi connectivity index (χ2n) is 3.91. The third-order valence-corrected chi connectivity index (χ3v) is 3.98. The van der Waals surface area contributed by atoms with Crippen molar-refractivity contribution in [2.75, 3.05) is 0 Å². The average Bonchev–Trinajstić information content (AvgIpc) is 2.82. The molecule has 0 saturated carbocycles. The summed E-state index contributed by atoms with van der Waals surface area (Å²) < 4.78 is 13.6. The zero-order chi connectivity index (χ0) is 12.3. The molecule has 90 valence electrons.